The van der Waals surface area contributed by atoms with Crippen LogP contribution in [-0.4, -0.2) is 43.1 Å². The lowest BCUT2D eigenvalue weighted by atomic mass is 9.95. The summed E-state index contributed by atoms with van der Waals surface area (Å²) in [7, 11) is 0. The number of carbonyl (C=O) groups excluding carboxylic acids is 1. The van der Waals surface area contributed by atoms with Crippen molar-refractivity contribution in [1.82, 2.24) is 24.1 Å². The Bertz CT molecular complexity index is 964. The van der Waals surface area contributed by atoms with Crippen LogP contribution in [0.25, 0.3) is 5.52 Å². The molecule has 0 aliphatic carbocycles. The third-order valence-electron chi connectivity index (χ3n) is 6.07. The second-order valence-electron chi connectivity index (χ2n) is 7.72. The lowest BCUT2D eigenvalue weighted by Gasteiger charge is -2.31. The Balaban J connectivity index is 1.30. The summed E-state index contributed by atoms with van der Waals surface area (Å²) >= 11 is 0. The van der Waals surface area contributed by atoms with Crippen LogP contribution in [0, 0.1) is 0 Å². The molecule has 0 bridgehead atoms. The molecular weight excluding hydrogens is 338 g/mol. The number of nitrogens with zero attached hydrogens (tertiary/aromatic N) is 5. The number of piperidine rings is 1. The summed E-state index contributed by atoms with van der Waals surface area (Å²) in [6.07, 6.45) is 8.65. The lowest BCUT2D eigenvalue weighted by molar-refractivity contribution is 0.0703. The highest BCUT2D eigenvalue weighted by molar-refractivity contribution is 5.94. The standard InChI is InChI=1S/C21H25N5O/c27-21(18-9-8-17-6-3-5-12-25(17)18)24-14-10-16(11-15-24)20-23-22-19-7-2-1-4-13-26(19)20/h3,5-6,8-9,12,16H,1-2,4,7,10-11,13-15H2. The Hall–Kier alpha value is -2.63. The van der Waals surface area contributed by atoms with E-state index >= 15 is 0 Å². The fraction of sp³-hybridized carbons (Fsp3) is 0.476. The van der Waals surface area contributed by atoms with Crippen molar-refractivity contribution in [3.8, 4) is 0 Å². The summed E-state index contributed by atoms with van der Waals surface area (Å²) in [4.78, 5) is 15.0. The van der Waals surface area contributed by atoms with Gasteiger partial charge in [0.2, 0.25) is 0 Å². The van der Waals surface area contributed by atoms with Gasteiger partial charge in [-0.3, -0.25) is 4.79 Å². The monoisotopic (exact) mass is 363 g/mol. The highest BCUT2D eigenvalue weighted by atomic mass is 16.2. The fourth-order valence-corrected chi connectivity index (χ4v) is 4.54. The van der Waals surface area contributed by atoms with Crippen LogP contribution in [0.4, 0.5) is 0 Å². The van der Waals surface area contributed by atoms with Gasteiger partial charge in [0.1, 0.15) is 17.3 Å². The molecule has 6 heteroatoms. The molecule has 140 valence electrons. The molecule has 1 saturated heterocycles. The van der Waals surface area contributed by atoms with Gasteiger partial charge in [-0.15, -0.1) is 10.2 Å². The highest BCUT2D eigenvalue weighted by Crippen LogP contribution is 2.29. The van der Waals surface area contributed by atoms with Gasteiger partial charge >= 0.3 is 0 Å². The Labute approximate surface area is 158 Å². The first kappa shape index (κ1) is 16.5. The molecule has 0 aromatic carbocycles. The van der Waals surface area contributed by atoms with E-state index in [9.17, 15) is 4.79 Å². The van der Waals surface area contributed by atoms with Crippen molar-refractivity contribution >= 4 is 11.4 Å². The minimum atomic E-state index is 0.125. The van der Waals surface area contributed by atoms with E-state index in [1.54, 1.807) is 0 Å². The van der Waals surface area contributed by atoms with Crippen LogP contribution in [0.3, 0.4) is 0 Å². The van der Waals surface area contributed by atoms with Crippen LogP contribution in [0.2, 0.25) is 0 Å². The quantitative estimate of drug-likeness (QED) is 0.702. The SMILES string of the molecule is O=C(c1ccc2ccccn12)N1CCC(c2nnc3n2CCCCC3)CC1. The van der Waals surface area contributed by atoms with Gasteiger partial charge < -0.3 is 13.9 Å². The Morgan fingerprint density at radius 2 is 1.85 bits per heavy atom. The molecule has 1 amide bonds. The Morgan fingerprint density at radius 1 is 0.963 bits per heavy atom. The third kappa shape index (κ3) is 2.93. The van der Waals surface area contributed by atoms with E-state index < -0.39 is 0 Å². The van der Waals surface area contributed by atoms with Gasteiger partial charge in [0.15, 0.2) is 0 Å². The van der Waals surface area contributed by atoms with Crippen molar-refractivity contribution in [3.05, 3.63) is 53.9 Å². The van der Waals surface area contributed by atoms with Crippen LogP contribution in [0.1, 0.15) is 60.2 Å². The summed E-state index contributed by atoms with van der Waals surface area (Å²) in [5.41, 5.74) is 1.81. The van der Waals surface area contributed by atoms with Crippen molar-refractivity contribution in [2.45, 2.75) is 51.0 Å². The molecule has 0 saturated carbocycles. The van der Waals surface area contributed by atoms with E-state index in [0.717, 1.165) is 61.8 Å². The van der Waals surface area contributed by atoms with E-state index in [2.05, 4.69) is 14.8 Å². The number of aryl methyl sites for hydroxylation is 1. The molecule has 27 heavy (non-hydrogen) atoms. The number of likely N-dealkylation sites (tertiary alicyclic amines) is 1. The second-order valence-corrected chi connectivity index (χ2v) is 7.72. The average molecular weight is 363 g/mol. The van der Waals surface area contributed by atoms with Crippen LogP contribution in [-0.2, 0) is 13.0 Å². The smallest absolute Gasteiger partial charge is 0.270 e. The number of hydrogen-bond donors (Lipinski definition) is 0. The molecule has 3 aromatic heterocycles. The van der Waals surface area contributed by atoms with Gasteiger partial charge in [0, 0.05) is 43.7 Å². The zero-order valence-electron chi connectivity index (χ0n) is 15.5. The summed E-state index contributed by atoms with van der Waals surface area (Å²) < 4.78 is 4.34. The molecule has 3 aromatic rings. The van der Waals surface area contributed by atoms with Gasteiger partial charge in [-0.25, -0.2) is 0 Å². The number of carbonyl (C=O) groups is 1. The Morgan fingerprint density at radius 3 is 2.74 bits per heavy atom. The van der Waals surface area contributed by atoms with Crippen LogP contribution in [0.15, 0.2) is 36.5 Å². The average Bonchev–Trinajstić information content (AvgIpc) is 3.25. The van der Waals surface area contributed by atoms with E-state index in [4.69, 9.17) is 0 Å². The number of rotatable bonds is 2. The second kappa shape index (κ2) is 6.83. The first-order valence-corrected chi connectivity index (χ1v) is 10.1. The van der Waals surface area contributed by atoms with Crippen molar-refractivity contribution in [2.75, 3.05) is 13.1 Å². The summed E-state index contributed by atoms with van der Waals surface area (Å²) in [6.45, 7) is 2.62. The summed E-state index contributed by atoms with van der Waals surface area (Å²) in [5.74, 6) is 2.84. The summed E-state index contributed by atoms with van der Waals surface area (Å²) in [5, 5.41) is 8.98. The molecule has 0 atom stereocenters. The normalized spacial score (nSPS) is 18.4. The zero-order chi connectivity index (χ0) is 18.2. The molecule has 0 radical (unpaired) electrons. The van der Waals surface area contributed by atoms with Crippen molar-refractivity contribution in [2.24, 2.45) is 0 Å². The van der Waals surface area contributed by atoms with E-state index in [1.807, 2.05) is 45.8 Å². The maximum Gasteiger partial charge on any atom is 0.270 e. The number of aromatic nitrogens is 4. The maximum absolute atomic E-state index is 13.0. The van der Waals surface area contributed by atoms with Crippen molar-refractivity contribution in [3.63, 3.8) is 0 Å². The number of amides is 1. The van der Waals surface area contributed by atoms with Gasteiger partial charge in [0.25, 0.3) is 5.91 Å². The largest absolute Gasteiger partial charge is 0.337 e. The van der Waals surface area contributed by atoms with Gasteiger partial charge in [-0.1, -0.05) is 12.5 Å². The highest BCUT2D eigenvalue weighted by Gasteiger charge is 2.29. The van der Waals surface area contributed by atoms with Crippen LogP contribution >= 0.6 is 0 Å². The van der Waals surface area contributed by atoms with E-state index in [0.29, 0.717) is 5.92 Å². The van der Waals surface area contributed by atoms with Crippen LogP contribution < -0.4 is 0 Å². The molecule has 0 N–H and O–H groups in total. The zero-order valence-corrected chi connectivity index (χ0v) is 15.5. The summed E-state index contributed by atoms with van der Waals surface area (Å²) in [6, 6.07) is 9.93. The van der Waals surface area contributed by atoms with Crippen molar-refractivity contribution < 1.29 is 4.79 Å². The first-order chi connectivity index (χ1) is 13.3. The molecule has 2 aliphatic rings. The molecular formula is C21H25N5O. The van der Waals surface area contributed by atoms with Gasteiger partial charge in [0.05, 0.1) is 0 Å². The molecule has 1 fully saturated rings. The molecule has 5 heterocycles. The van der Waals surface area contributed by atoms with Gasteiger partial charge in [-0.05, 0) is 49.9 Å². The predicted octanol–water partition coefficient (Wildman–Crippen LogP) is 3.28. The number of fused-ring (bicyclic) bond motifs is 2. The predicted molar refractivity (Wildman–Crippen MR) is 103 cm³/mol. The van der Waals surface area contributed by atoms with Gasteiger partial charge in [-0.2, -0.15) is 0 Å². The number of hydrogen-bond acceptors (Lipinski definition) is 3. The number of pyridine rings is 1. The van der Waals surface area contributed by atoms with Crippen molar-refractivity contribution in [1.29, 1.82) is 0 Å². The first-order valence-electron chi connectivity index (χ1n) is 10.1. The minimum absolute atomic E-state index is 0.125. The Kier molecular flexibility index (Phi) is 4.19. The topological polar surface area (TPSA) is 55.4 Å². The molecule has 5 rings (SSSR count). The maximum atomic E-state index is 13.0. The molecule has 0 spiro atoms. The third-order valence-corrected chi connectivity index (χ3v) is 6.07. The molecule has 2 aliphatic heterocycles. The van der Waals surface area contributed by atoms with Crippen LogP contribution in [0.5, 0.6) is 0 Å². The molecule has 6 nitrogen and oxygen atoms in total. The van der Waals surface area contributed by atoms with E-state index in [-0.39, 0.29) is 5.91 Å². The minimum Gasteiger partial charge on any atom is -0.337 e. The van der Waals surface area contributed by atoms with E-state index in [1.165, 1.54) is 19.3 Å². The fourth-order valence-electron chi connectivity index (χ4n) is 4.54. The molecule has 0 unspecified atom stereocenters. The lowest BCUT2D eigenvalue weighted by Crippen LogP contribution is -2.39.